The monoisotopic (exact) mass is 309 g/mol. The normalized spacial score (nSPS) is 17.5. The number of rotatable bonds is 5. The molecule has 0 aromatic carbocycles. The molecule has 0 amide bonds. The average Bonchev–Trinajstić information content (AvgIpc) is 2.48. The van der Waals surface area contributed by atoms with Crippen molar-refractivity contribution < 1.29 is 4.92 Å². The molecule has 1 aliphatic rings. The number of anilines is 1. The first-order chi connectivity index (χ1) is 9.97. The smallest absolute Gasteiger partial charge is 0.363 e. The third-order valence-corrected chi connectivity index (χ3v) is 4.08. The molecule has 1 saturated heterocycles. The van der Waals surface area contributed by atoms with Crippen molar-refractivity contribution in [2.75, 3.05) is 37.6 Å². The molecule has 8 heteroatoms. The molecular weight excluding hydrogens is 290 g/mol. The largest absolute Gasteiger partial charge is 0.393 e. The number of piperazine rings is 1. The number of thiocarbonyl (C=S) groups is 1. The van der Waals surface area contributed by atoms with Gasteiger partial charge in [0.05, 0.1) is 10.7 Å². The molecule has 1 unspecified atom stereocenters. The molecule has 0 spiro atoms. The minimum absolute atomic E-state index is 0.123. The SMILES string of the molecule is CC(CN1CCN(c2ccc([N+](=O)[O-])nc2)CC1)C(N)=S. The lowest BCUT2D eigenvalue weighted by atomic mass is 10.1. The topological polar surface area (TPSA) is 88.5 Å². The Balaban J connectivity index is 1.88. The molecule has 2 N–H and O–H groups in total. The van der Waals surface area contributed by atoms with Crippen molar-refractivity contribution in [3.63, 3.8) is 0 Å². The third-order valence-electron chi connectivity index (χ3n) is 3.67. The van der Waals surface area contributed by atoms with Gasteiger partial charge in [-0.15, -0.1) is 0 Å². The van der Waals surface area contributed by atoms with Gasteiger partial charge in [0.2, 0.25) is 0 Å². The quantitative estimate of drug-likeness (QED) is 0.494. The molecule has 21 heavy (non-hydrogen) atoms. The summed E-state index contributed by atoms with van der Waals surface area (Å²) in [4.78, 5) is 19.0. The lowest BCUT2D eigenvalue weighted by Crippen LogP contribution is -2.48. The molecule has 1 aliphatic heterocycles. The van der Waals surface area contributed by atoms with Crippen LogP contribution in [0.25, 0.3) is 0 Å². The first kappa shape index (κ1) is 15.6. The fraction of sp³-hybridized carbons (Fsp3) is 0.538. The van der Waals surface area contributed by atoms with Crippen LogP contribution in [0.2, 0.25) is 0 Å². The van der Waals surface area contributed by atoms with E-state index >= 15 is 0 Å². The van der Waals surface area contributed by atoms with Gasteiger partial charge in [0.15, 0.2) is 6.20 Å². The van der Waals surface area contributed by atoms with Crippen LogP contribution in [0.15, 0.2) is 18.3 Å². The van der Waals surface area contributed by atoms with E-state index < -0.39 is 4.92 Å². The Bertz CT molecular complexity index is 514. The summed E-state index contributed by atoms with van der Waals surface area (Å²) in [5, 5.41) is 10.6. The molecule has 7 nitrogen and oxygen atoms in total. The second-order valence-electron chi connectivity index (χ2n) is 5.22. The second-order valence-corrected chi connectivity index (χ2v) is 5.69. The maximum absolute atomic E-state index is 10.6. The maximum Gasteiger partial charge on any atom is 0.363 e. The fourth-order valence-electron chi connectivity index (χ4n) is 2.34. The molecule has 0 radical (unpaired) electrons. The van der Waals surface area contributed by atoms with Crippen LogP contribution in [-0.4, -0.2) is 52.5 Å². The number of pyridine rings is 1. The van der Waals surface area contributed by atoms with Crippen molar-refractivity contribution in [2.24, 2.45) is 11.7 Å². The summed E-state index contributed by atoms with van der Waals surface area (Å²) in [6.07, 6.45) is 1.56. The lowest BCUT2D eigenvalue weighted by Gasteiger charge is -2.36. The molecule has 0 aliphatic carbocycles. The Morgan fingerprint density at radius 2 is 2.14 bits per heavy atom. The summed E-state index contributed by atoms with van der Waals surface area (Å²) in [6, 6.07) is 3.19. The molecule has 2 rings (SSSR count). The molecule has 1 fully saturated rings. The van der Waals surface area contributed by atoms with Crippen molar-refractivity contribution in [3.8, 4) is 0 Å². The van der Waals surface area contributed by atoms with Crippen molar-refractivity contribution in [3.05, 3.63) is 28.4 Å². The Labute approximate surface area is 128 Å². The van der Waals surface area contributed by atoms with Gasteiger partial charge in [-0.2, -0.15) is 0 Å². The Hall–Kier alpha value is -1.80. The first-order valence-corrected chi connectivity index (χ1v) is 7.25. The zero-order valence-corrected chi connectivity index (χ0v) is 12.8. The minimum atomic E-state index is -0.487. The van der Waals surface area contributed by atoms with Crippen LogP contribution in [0, 0.1) is 16.0 Å². The van der Waals surface area contributed by atoms with E-state index in [1.165, 1.54) is 6.07 Å². The average molecular weight is 309 g/mol. The molecule has 2 heterocycles. The highest BCUT2D eigenvalue weighted by atomic mass is 32.1. The molecule has 0 bridgehead atoms. The number of nitrogens with two attached hydrogens (primary N) is 1. The number of hydrogen-bond donors (Lipinski definition) is 1. The van der Waals surface area contributed by atoms with Gasteiger partial charge < -0.3 is 20.7 Å². The summed E-state index contributed by atoms with van der Waals surface area (Å²) >= 11 is 5.00. The molecule has 1 aromatic rings. The highest BCUT2D eigenvalue weighted by Crippen LogP contribution is 2.18. The second kappa shape index (κ2) is 6.77. The van der Waals surface area contributed by atoms with E-state index in [4.69, 9.17) is 18.0 Å². The van der Waals surface area contributed by atoms with Crippen LogP contribution >= 0.6 is 12.2 Å². The van der Waals surface area contributed by atoms with E-state index in [0.717, 1.165) is 38.4 Å². The summed E-state index contributed by atoms with van der Waals surface area (Å²) in [7, 11) is 0. The standard InChI is InChI=1S/C13H19N5O2S/c1-10(13(14)21)9-16-4-6-17(7-5-16)11-2-3-12(15-8-11)18(19)20/h2-3,8,10H,4-7,9H2,1H3,(H2,14,21). The zero-order valence-electron chi connectivity index (χ0n) is 11.9. The van der Waals surface area contributed by atoms with E-state index in [0.29, 0.717) is 4.99 Å². The fourth-order valence-corrected chi connectivity index (χ4v) is 2.41. The summed E-state index contributed by atoms with van der Waals surface area (Å²) < 4.78 is 0. The molecule has 1 atom stereocenters. The van der Waals surface area contributed by atoms with Gasteiger partial charge in [0, 0.05) is 44.7 Å². The van der Waals surface area contributed by atoms with Gasteiger partial charge in [-0.25, -0.2) is 0 Å². The van der Waals surface area contributed by atoms with E-state index in [1.807, 2.05) is 6.92 Å². The van der Waals surface area contributed by atoms with Crippen LogP contribution in [0.5, 0.6) is 0 Å². The van der Waals surface area contributed by atoms with Crippen LogP contribution in [0.3, 0.4) is 0 Å². The van der Waals surface area contributed by atoms with Gasteiger partial charge in [0.25, 0.3) is 0 Å². The zero-order chi connectivity index (χ0) is 15.4. The van der Waals surface area contributed by atoms with Crippen LogP contribution in [-0.2, 0) is 0 Å². The van der Waals surface area contributed by atoms with Gasteiger partial charge in [0.1, 0.15) is 0 Å². The van der Waals surface area contributed by atoms with Gasteiger partial charge in [-0.3, -0.25) is 4.90 Å². The molecule has 1 aromatic heterocycles. The first-order valence-electron chi connectivity index (χ1n) is 6.84. The highest BCUT2D eigenvalue weighted by Gasteiger charge is 2.20. The lowest BCUT2D eigenvalue weighted by molar-refractivity contribution is -0.389. The van der Waals surface area contributed by atoms with Crippen molar-refractivity contribution in [1.29, 1.82) is 0 Å². The van der Waals surface area contributed by atoms with Gasteiger partial charge >= 0.3 is 5.82 Å². The molecule has 0 saturated carbocycles. The molecule has 114 valence electrons. The Morgan fingerprint density at radius 3 is 2.62 bits per heavy atom. The Kier molecular flexibility index (Phi) is 5.03. The highest BCUT2D eigenvalue weighted by molar-refractivity contribution is 7.80. The number of aromatic nitrogens is 1. The van der Waals surface area contributed by atoms with Crippen molar-refractivity contribution in [1.82, 2.24) is 9.88 Å². The number of nitrogens with zero attached hydrogens (tertiary/aromatic N) is 4. The van der Waals surface area contributed by atoms with E-state index in [9.17, 15) is 10.1 Å². The van der Waals surface area contributed by atoms with Gasteiger partial charge in [-0.05, 0) is 16.0 Å². The Morgan fingerprint density at radius 1 is 1.48 bits per heavy atom. The van der Waals surface area contributed by atoms with Gasteiger partial charge in [-0.1, -0.05) is 19.1 Å². The number of hydrogen-bond acceptors (Lipinski definition) is 6. The summed E-state index contributed by atoms with van der Waals surface area (Å²) in [5.74, 6) is 0.0928. The summed E-state index contributed by atoms with van der Waals surface area (Å²) in [5.41, 5.74) is 6.56. The van der Waals surface area contributed by atoms with Crippen LogP contribution in [0.4, 0.5) is 11.5 Å². The predicted octanol–water partition coefficient (Wildman–Crippen LogP) is 1.03. The maximum atomic E-state index is 10.6. The van der Waals surface area contributed by atoms with Crippen molar-refractivity contribution in [2.45, 2.75) is 6.92 Å². The van der Waals surface area contributed by atoms with E-state index in [1.54, 1.807) is 12.3 Å². The van der Waals surface area contributed by atoms with Crippen LogP contribution in [0.1, 0.15) is 6.92 Å². The van der Waals surface area contributed by atoms with Crippen molar-refractivity contribution >= 4 is 28.7 Å². The molecular formula is C13H19N5O2S. The van der Waals surface area contributed by atoms with Crippen LogP contribution < -0.4 is 10.6 Å². The third kappa shape index (κ3) is 4.08. The summed E-state index contributed by atoms with van der Waals surface area (Å²) in [6.45, 7) is 6.48. The van der Waals surface area contributed by atoms with E-state index in [-0.39, 0.29) is 11.7 Å². The van der Waals surface area contributed by atoms with E-state index in [2.05, 4.69) is 14.8 Å². The minimum Gasteiger partial charge on any atom is -0.393 e. The predicted molar refractivity (Wildman–Crippen MR) is 85.5 cm³/mol. The number of nitro groups is 1.